The molecule has 3 nitrogen and oxygen atoms in total. The van der Waals surface area contributed by atoms with Crippen molar-refractivity contribution in [3.8, 4) is 22.6 Å². The molecule has 31 heavy (non-hydrogen) atoms. The SMILES string of the molecule is Cc1ccc2c(oc3c(-c4cc5c(o4)CCCC5)c(F)ccc32)c1-c1cccc[n+]1C. The summed E-state index contributed by atoms with van der Waals surface area (Å²) in [6.45, 7) is 2.08. The van der Waals surface area contributed by atoms with Gasteiger partial charge in [-0.25, -0.2) is 8.96 Å². The van der Waals surface area contributed by atoms with Crippen LogP contribution in [-0.4, -0.2) is 0 Å². The fourth-order valence-electron chi connectivity index (χ4n) is 4.92. The van der Waals surface area contributed by atoms with Crippen LogP contribution < -0.4 is 4.57 Å². The lowest BCUT2D eigenvalue weighted by molar-refractivity contribution is -0.660. The fraction of sp³-hybridized carbons (Fsp3) is 0.222. The minimum atomic E-state index is -0.318. The Morgan fingerprint density at radius 2 is 1.65 bits per heavy atom. The maximum absolute atomic E-state index is 15.1. The molecular weight excluding hydrogens is 389 g/mol. The number of rotatable bonds is 2. The van der Waals surface area contributed by atoms with Crippen LogP contribution in [0.3, 0.4) is 0 Å². The lowest BCUT2D eigenvalue weighted by Gasteiger charge is -2.07. The number of nitrogens with zero attached hydrogens (tertiary/aromatic N) is 1. The second kappa shape index (κ2) is 6.81. The number of aromatic nitrogens is 1. The quantitative estimate of drug-likeness (QED) is 0.303. The molecule has 0 saturated carbocycles. The Bertz CT molecular complexity index is 1450. The number of aryl methyl sites for hydroxylation is 4. The predicted molar refractivity (Wildman–Crippen MR) is 119 cm³/mol. The molecule has 2 aromatic carbocycles. The summed E-state index contributed by atoms with van der Waals surface area (Å²) in [4.78, 5) is 0. The molecule has 0 N–H and O–H groups in total. The highest BCUT2D eigenvalue weighted by molar-refractivity contribution is 6.13. The number of pyridine rings is 1. The van der Waals surface area contributed by atoms with Gasteiger partial charge in [0.1, 0.15) is 35.6 Å². The van der Waals surface area contributed by atoms with Gasteiger partial charge in [-0.15, -0.1) is 0 Å². The van der Waals surface area contributed by atoms with Crippen molar-refractivity contribution in [3.63, 3.8) is 0 Å². The van der Waals surface area contributed by atoms with Crippen LogP contribution in [-0.2, 0) is 19.9 Å². The molecule has 1 aliphatic carbocycles. The molecular formula is C27H23FNO2+. The first-order chi connectivity index (χ1) is 15.1. The van der Waals surface area contributed by atoms with E-state index in [0.29, 0.717) is 16.9 Å². The zero-order valence-electron chi connectivity index (χ0n) is 17.7. The van der Waals surface area contributed by atoms with Crippen LogP contribution in [0.4, 0.5) is 4.39 Å². The van der Waals surface area contributed by atoms with Gasteiger partial charge in [0.2, 0.25) is 5.69 Å². The van der Waals surface area contributed by atoms with Crippen LogP contribution in [0.5, 0.6) is 0 Å². The van der Waals surface area contributed by atoms with Crippen LogP contribution in [0.15, 0.2) is 63.6 Å². The molecule has 154 valence electrons. The van der Waals surface area contributed by atoms with Crippen molar-refractivity contribution in [2.24, 2.45) is 7.05 Å². The van der Waals surface area contributed by atoms with Crippen molar-refractivity contribution >= 4 is 21.9 Å². The van der Waals surface area contributed by atoms with Gasteiger partial charge in [-0.2, -0.15) is 0 Å². The molecule has 0 atom stereocenters. The van der Waals surface area contributed by atoms with E-state index in [-0.39, 0.29) is 5.82 Å². The molecule has 0 saturated heterocycles. The summed E-state index contributed by atoms with van der Waals surface area (Å²) in [6.07, 6.45) is 6.20. The van der Waals surface area contributed by atoms with E-state index in [0.717, 1.165) is 64.6 Å². The van der Waals surface area contributed by atoms with Crippen LogP contribution in [0.25, 0.3) is 44.5 Å². The van der Waals surface area contributed by atoms with E-state index in [1.165, 1.54) is 11.6 Å². The van der Waals surface area contributed by atoms with Crippen molar-refractivity contribution in [2.45, 2.75) is 32.6 Å². The van der Waals surface area contributed by atoms with E-state index in [4.69, 9.17) is 8.83 Å². The summed E-state index contributed by atoms with van der Waals surface area (Å²) >= 11 is 0. The summed E-state index contributed by atoms with van der Waals surface area (Å²) < 4.78 is 29.8. The Labute approximate surface area is 179 Å². The second-order valence-electron chi connectivity index (χ2n) is 8.50. The van der Waals surface area contributed by atoms with Crippen molar-refractivity contribution < 1.29 is 17.8 Å². The van der Waals surface area contributed by atoms with E-state index in [1.807, 2.05) is 37.5 Å². The van der Waals surface area contributed by atoms with Gasteiger partial charge in [0.25, 0.3) is 0 Å². The molecule has 0 amide bonds. The van der Waals surface area contributed by atoms with Gasteiger partial charge in [-0.1, -0.05) is 12.1 Å². The summed E-state index contributed by atoms with van der Waals surface area (Å²) in [5.74, 6) is 1.24. The van der Waals surface area contributed by atoms with E-state index >= 15 is 4.39 Å². The van der Waals surface area contributed by atoms with Gasteiger partial charge in [0.15, 0.2) is 6.20 Å². The Hall–Kier alpha value is -3.40. The molecule has 5 aromatic rings. The van der Waals surface area contributed by atoms with Crippen molar-refractivity contribution in [2.75, 3.05) is 0 Å². The summed E-state index contributed by atoms with van der Waals surface area (Å²) in [6, 6.07) is 15.6. The normalized spacial score (nSPS) is 13.8. The van der Waals surface area contributed by atoms with Gasteiger partial charge in [0.05, 0.1) is 11.1 Å². The van der Waals surface area contributed by atoms with Gasteiger partial charge < -0.3 is 8.83 Å². The van der Waals surface area contributed by atoms with Crippen LogP contribution in [0, 0.1) is 12.7 Å². The summed E-state index contributed by atoms with van der Waals surface area (Å²) in [5.41, 5.74) is 6.14. The van der Waals surface area contributed by atoms with E-state index in [1.54, 1.807) is 0 Å². The van der Waals surface area contributed by atoms with E-state index in [9.17, 15) is 0 Å². The number of furan rings is 2. The molecule has 1 aliphatic rings. The van der Waals surface area contributed by atoms with Crippen LogP contribution >= 0.6 is 0 Å². The first kappa shape index (κ1) is 18.4. The molecule has 3 heterocycles. The third-order valence-electron chi connectivity index (χ3n) is 6.52. The van der Waals surface area contributed by atoms with Crippen molar-refractivity contribution in [3.05, 3.63) is 77.4 Å². The van der Waals surface area contributed by atoms with Gasteiger partial charge in [-0.05, 0) is 61.6 Å². The average Bonchev–Trinajstić information content (AvgIpc) is 3.35. The van der Waals surface area contributed by atoms with Gasteiger partial charge >= 0.3 is 0 Å². The Balaban J connectivity index is 1.67. The molecule has 4 heteroatoms. The molecule has 0 bridgehead atoms. The topological polar surface area (TPSA) is 30.2 Å². The first-order valence-corrected chi connectivity index (χ1v) is 10.8. The first-order valence-electron chi connectivity index (χ1n) is 10.8. The maximum Gasteiger partial charge on any atom is 0.216 e. The van der Waals surface area contributed by atoms with E-state index in [2.05, 4.69) is 29.7 Å². The number of hydrogen-bond donors (Lipinski definition) is 0. The Kier molecular flexibility index (Phi) is 4.04. The molecule has 0 aliphatic heterocycles. The largest absolute Gasteiger partial charge is 0.461 e. The second-order valence-corrected chi connectivity index (χ2v) is 8.50. The third kappa shape index (κ3) is 2.74. The van der Waals surface area contributed by atoms with Crippen molar-refractivity contribution in [1.29, 1.82) is 0 Å². The fourth-order valence-corrected chi connectivity index (χ4v) is 4.92. The monoisotopic (exact) mass is 412 g/mol. The van der Waals surface area contributed by atoms with Gasteiger partial charge in [-0.3, -0.25) is 0 Å². The number of halogens is 1. The van der Waals surface area contributed by atoms with E-state index < -0.39 is 0 Å². The number of benzene rings is 2. The molecule has 0 fully saturated rings. The predicted octanol–water partition coefficient (Wildman–Crippen LogP) is 6.66. The lowest BCUT2D eigenvalue weighted by Crippen LogP contribution is -2.30. The minimum Gasteiger partial charge on any atom is -0.461 e. The highest BCUT2D eigenvalue weighted by Crippen LogP contribution is 2.42. The number of fused-ring (bicyclic) bond motifs is 4. The smallest absolute Gasteiger partial charge is 0.216 e. The molecule has 0 spiro atoms. The highest BCUT2D eigenvalue weighted by atomic mass is 19.1. The summed E-state index contributed by atoms with van der Waals surface area (Å²) in [7, 11) is 2.02. The molecule has 6 rings (SSSR count). The Morgan fingerprint density at radius 3 is 2.45 bits per heavy atom. The zero-order chi connectivity index (χ0) is 21.1. The minimum absolute atomic E-state index is 0.318. The molecule has 0 radical (unpaired) electrons. The highest BCUT2D eigenvalue weighted by Gasteiger charge is 2.25. The van der Waals surface area contributed by atoms with Gasteiger partial charge in [0, 0.05) is 29.3 Å². The Morgan fingerprint density at radius 1 is 0.871 bits per heavy atom. The molecule has 3 aromatic heterocycles. The zero-order valence-corrected chi connectivity index (χ0v) is 17.7. The number of hydrogen-bond acceptors (Lipinski definition) is 2. The average molecular weight is 412 g/mol. The third-order valence-corrected chi connectivity index (χ3v) is 6.52. The lowest BCUT2D eigenvalue weighted by atomic mass is 9.98. The molecule has 0 unspecified atom stereocenters. The standard InChI is InChI=1S/C27H23FNO2/c1-16-10-11-18-19-12-13-20(28)25(23-15-17-7-3-4-9-22(17)30-23)27(19)31-26(18)24(16)21-8-5-6-14-29(21)2/h5-6,8,10-15H,3-4,7,9H2,1-2H3/q+1. The van der Waals surface area contributed by atoms with Crippen LogP contribution in [0.1, 0.15) is 29.7 Å². The van der Waals surface area contributed by atoms with Crippen molar-refractivity contribution in [1.82, 2.24) is 0 Å². The van der Waals surface area contributed by atoms with Crippen LogP contribution in [0.2, 0.25) is 0 Å². The maximum atomic E-state index is 15.1. The summed E-state index contributed by atoms with van der Waals surface area (Å²) in [5, 5.41) is 1.89.